The second-order valence-electron chi connectivity index (χ2n) is 17.6. The second kappa shape index (κ2) is 18.5. The first kappa shape index (κ1) is 44.8. The quantitative estimate of drug-likeness (QED) is 0.0940. The highest BCUT2D eigenvalue weighted by molar-refractivity contribution is 7.15. The number of phenolic OH excluding ortho intramolecular Hbond substituents is 2. The number of hydrogen-bond acceptors (Lipinski definition) is 11. The van der Waals surface area contributed by atoms with Crippen molar-refractivity contribution in [3.8, 4) is 33.6 Å². The van der Waals surface area contributed by atoms with Crippen molar-refractivity contribution in [2.24, 2.45) is 4.99 Å². The van der Waals surface area contributed by atoms with Crippen molar-refractivity contribution >= 4 is 34.6 Å². The third-order valence-electron chi connectivity index (χ3n) is 12.7. The van der Waals surface area contributed by atoms with Crippen LogP contribution in [0, 0.1) is 20.8 Å². The predicted molar refractivity (Wildman–Crippen MR) is 258 cm³/mol. The molecule has 0 bridgehead atoms. The molecule has 7 aromatic rings. The third-order valence-corrected chi connectivity index (χ3v) is 14.2. The summed E-state index contributed by atoms with van der Waals surface area (Å²) in [4.78, 5) is 38.1. The Hall–Kier alpha value is -6.39. The van der Waals surface area contributed by atoms with Crippen molar-refractivity contribution in [3.63, 3.8) is 0 Å². The molecule has 3 aromatic heterocycles. The fourth-order valence-electron chi connectivity index (χ4n) is 8.93. The van der Waals surface area contributed by atoms with Gasteiger partial charge in [0.05, 0.1) is 29.4 Å². The number of amides is 1. The first-order valence-electron chi connectivity index (χ1n) is 22.2. The SMILES string of the molecule is Cc1sc2c(c1C)C(c1ccc(Cl)cc1)=N[C@@H](CC(=O)N[C@H](C)c1ccc(CN3CCN(Cc4ccc(-n5c(-c6cc(C(C)C)c(O)cc6O)n[nH]c5=O)cc4)CC3)cc1)c1nnc(C)n1-2. The molecule has 2 aliphatic heterocycles. The fraction of sp³-hybridized carbons (Fsp3) is 0.320. The number of H-pyrrole nitrogens is 1. The van der Waals surface area contributed by atoms with Gasteiger partial charge in [0, 0.05) is 66.4 Å². The van der Waals surface area contributed by atoms with E-state index in [1.165, 1.54) is 21.1 Å². The standard InChI is InChI=1S/C50H53ClN10O4S/c1-28(2)39-23-40(43(63)25-42(39)62)47-55-57-50(65)61(47)38-17-9-34(10-18-38)27-59-21-19-58(20-22-59)26-33-7-11-35(12-8-33)30(4)52-44(64)24-41-48-56-54-32(6)60(48)49-45(29(3)31(5)66-49)46(53-41)36-13-15-37(51)16-14-36/h7-18,23,25,28,30,41,62-63H,19-22,24,26-27H2,1-6H3,(H,52,64)(H,57,65)/t30-,41+/m1/s1. The number of benzene rings is 4. The number of rotatable bonds is 12. The average Bonchev–Trinajstić information content (AvgIpc) is 3.93. The Bertz CT molecular complexity index is 3000. The number of aromatic amines is 1. The van der Waals surface area contributed by atoms with Crippen LogP contribution in [-0.4, -0.2) is 87.3 Å². The summed E-state index contributed by atoms with van der Waals surface area (Å²) in [5.74, 6) is 1.40. The third kappa shape index (κ3) is 8.95. The van der Waals surface area contributed by atoms with Crippen LogP contribution in [0.2, 0.25) is 5.02 Å². The van der Waals surface area contributed by atoms with E-state index in [0.717, 1.165) is 83.6 Å². The fourth-order valence-corrected chi connectivity index (χ4v) is 10.3. The van der Waals surface area contributed by atoms with Gasteiger partial charge < -0.3 is 15.5 Å². The lowest BCUT2D eigenvalue weighted by molar-refractivity contribution is -0.122. The molecule has 0 saturated carbocycles. The van der Waals surface area contributed by atoms with Gasteiger partial charge in [0.1, 0.15) is 28.4 Å². The zero-order chi connectivity index (χ0) is 46.4. The number of aryl methyl sites for hydroxylation is 2. The van der Waals surface area contributed by atoms with Crippen molar-refractivity contribution in [2.45, 2.75) is 79.1 Å². The first-order valence-corrected chi connectivity index (χ1v) is 23.4. The van der Waals surface area contributed by atoms with E-state index in [2.05, 4.69) is 78.2 Å². The summed E-state index contributed by atoms with van der Waals surface area (Å²) in [6.45, 7) is 17.4. The Kier molecular flexibility index (Phi) is 12.5. The van der Waals surface area contributed by atoms with E-state index < -0.39 is 11.7 Å². The lowest BCUT2D eigenvalue weighted by Gasteiger charge is -2.34. The normalized spacial score (nSPS) is 15.9. The Morgan fingerprint density at radius 1 is 0.848 bits per heavy atom. The number of aromatic nitrogens is 6. The molecule has 5 heterocycles. The van der Waals surface area contributed by atoms with Gasteiger partial charge in [-0.1, -0.05) is 74.0 Å². The maximum Gasteiger partial charge on any atom is 0.348 e. The van der Waals surface area contributed by atoms with Crippen molar-refractivity contribution < 1.29 is 15.0 Å². The van der Waals surface area contributed by atoms with Gasteiger partial charge in [-0.05, 0) is 91.8 Å². The topological polar surface area (TPSA) is 170 Å². The number of nitrogens with one attached hydrogen (secondary N) is 2. The average molecular weight is 926 g/mol. The highest BCUT2D eigenvalue weighted by Crippen LogP contribution is 2.40. The Morgan fingerprint density at radius 2 is 1.48 bits per heavy atom. The molecule has 1 fully saturated rings. The minimum absolute atomic E-state index is 0.00107. The minimum Gasteiger partial charge on any atom is -0.508 e. The molecule has 0 radical (unpaired) electrons. The van der Waals surface area contributed by atoms with Crippen LogP contribution in [-0.2, 0) is 17.9 Å². The van der Waals surface area contributed by atoms with Crippen molar-refractivity contribution in [2.75, 3.05) is 26.2 Å². The molecule has 0 aliphatic carbocycles. The van der Waals surface area contributed by atoms with E-state index in [4.69, 9.17) is 16.6 Å². The predicted octanol–water partition coefficient (Wildman–Crippen LogP) is 8.46. The van der Waals surface area contributed by atoms with Crippen molar-refractivity contribution in [1.82, 2.24) is 44.6 Å². The number of piperazine rings is 1. The summed E-state index contributed by atoms with van der Waals surface area (Å²) in [7, 11) is 0. The van der Waals surface area contributed by atoms with E-state index in [1.807, 2.05) is 76.2 Å². The summed E-state index contributed by atoms with van der Waals surface area (Å²) in [6.07, 6.45) is 0.114. The number of thiophene rings is 1. The monoisotopic (exact) mass is 924 g/mol. The first-order chi connectivity index (χ1) is 31.7. The lowest BCUT2D eigenvalue weighted by atomic mass is 9.98. The van der Waals surface area contributed by atoms with Crippen LogP contribution in [0.25, 0.3) is 22.1 Å². The molecule has 16 heteroatoms. The van der Waals surface area contributed by atoms with E-state index in [-0.39, 0.29) is 41.6 Å². The number of carbonyl (C=O) groups excluding carboxylic acids is 1. The van der Waals surface area contributed by atoms with Crippen LogP contribution in [0.5, 0.6) is 11.5 Å². The molecule has 0 unspecified atom stereocenters. The van der Waals surface area contributed by atoms with Crippen molar-refractivity contribution in [3.05, 3.63) is 156 Å². The molecule has 2 aliphatic rings. The Balaban J connectivity index is 0.796. The second-order valence-corrected chi connectivity index (χ2v) is 19.3. The minimum atomic E-state index is -0.547. The molecule has 66 heavy (non-hydrogen) atoms. The van der Waals surface area contributed by atoms with Crippen LogP contribution in [0.15, 0.2) is 94.7 Å². The summed E-state index contributed by atoms with van der Waals surface area (Å²) >= 11 is 7.97. The van der Waals surface area contributed by atoms with Gasteiger partial charge in [-0.25, -0.2) is 14.5 Å². The van der Waals surface area contributed by atoms with Crippen LogP contribution in [0.1, 0.15) is 101 Å². The number of halogens is 1. The highest BCUT2D eigenvalue weighted by atomic mass is 35.5. The summed E-state index contributed by atoms with van der Waals surface area (Å²) in [5, 5.41) is 41.6. The Morgan fingerprint density at radius 3 is 2.12 bits per heavy atom. The Labute approximate surface area is 392 Å². The molecule has 9 rings (SSSR count). The summed E-state index contributed by atoms with van der Waals surface area (Å²) in [6, 6.07) is 26.2. The number of hydrogen-bond donors (Lipinski definition) is 4. The van der Waals surface area contributed by atoms with Gasteiger partial charge in [0.2, 0.25) is 5.91 Å². The number of aromatic hydroxyl groups is 2. The van der Waals surface area contributed by atoms with Gasteiger partial charge >= 0.3 is 5.69 Å². The van der Waals surface area contributed by atoms with Crippen LogP contribution in [0.3, 0.4) is 0 Å². The molecule has 2 atom stereocenters. The van der Waals surface area contributed by atoms with Gasteiger partial charge in [-0.15, -0.1) is 21.5 Å². The van der Waals surface area contributed by atoms with Crippen LogP contribution in [0.4, 0.5) is 0 Å². The van der Waals surface area contributed by atoms with E-state index in [0.29, 0.717) is 27.7 Å². The smallest absolute Gasteiger partial charge is 0.348 e. The summed E-state index contributed by atoms with van der Waals surface area (Å²) in [5.41, 5.74) is 8.50. The highest BCUT2D eigenvalue weighted by Gasteiger charge is 2.33. The van der Waals surface area contributed by atoms with Gasteiger partial charge in [0.25, 0.3) is 0 Å². The lowest BCUT2D eigenvalue weighted by Crippen LogP contribution is -2.45. The zero-order valence-corrected chi connectivity index (χ0v) is 39.4. The van der Waals surface area contributed by atoms with Gasteiger partial charge in [-0.2, -0.15) is 5.10 Å². The maximum absolute atomic E-state index is 13.8. The maximum atomic E-state index is 13.8. The molecule has 0 spiro atoms. The molecule has 340 valence electrons. The van der Waals surface area contributed by atoms with E-state index in [1.54, 1.807) is 17.4 Å². The number of aliphatic imine (C=N–C) groups is 1. The molecular formula is C50H53ClN10O4S. The van der Waals surface area contributed by atoms with E-state index in [9.17, 15) is 19.8 Å². The van der Waals surface area contributed by atoms with Gasteiger partial charge in [0.15, 0.2) is 11.6 Å². The molecule has 1 saturated heterocycles. The number of carbonyl (C=O) groups is 1. The number of fused-ring (bicyclic) bond motifs is 3. The number of nitrogens with zero attached hydrogens (tertiary/aromatic N) is 8. The molecule has 14 nitrogen and oxygen atoms in total. The van der Waals surface area contributed by atoms with Crippen LogP contribution < -0.4 is 11.0 Å². The van der Waals surface area contributed by atoms with Crippen LogP contribution >= 0.6 is 22.9 Å². The molecule has 4 N–H and O–H groups in total. The molecule has 4 aromatic carbocycles. The van der Waals surface area contributed by atoms with Crippen molar-refractivity contribution in [1.29, 1.82) is 0 Å². The number of phenols is 2. The van der Waals surface area contributed by atoms with E-state index >= 15 is 0 Å². The largest absolute Gasteiger partial charge is 0.508 e. The molecule has 1 amide bonds. The zero-order valence-electron chi connectivity index (χ0n) is 37.8. The van der Waals surface area contributed by atoms with Gasteiger partial charge in [-0.3, -0.25) is 24.2 Å². The molecular weight excluding hydrogens is 872 g/mol. The summed E-state index contributed by atoms with van der Waals surface area (Å²) < 4.78 is 3.50.